The van der Waals surface area contributed by atoms with Crippen LogP contribution in [0.3, 0.4) is 0 Å². The molecule has 0 saturated carbocycles. The highest BCUT2D eigenvalue weighted by atomic mass is 15.0. The minimum absolute atomic E-state index is 0.211. The van der Waals surface area contributed by atoms with Gasteiger partial charge in [-0.15, -0.1) is 0 Å². The van der Waals surface area contributed by atoms with Crippen LogP contribution in [0.1, 0.15) is 50.7 Å². The summed E-state index contributed by atoms with van der Waals surface area (Å²) in [5.41, 5.74) is 15.9. The average Bonchev–Trinajstić information content (AvgIpc) is 2.36. The second-order valence-corrected chi connectivity index (χ2v) is 5.69. The van der Waals surface area contributed by atoms with E-state index in [1.807, 2.05) is 0 Å². The van der Waals surface area contributed by atoms with E-state index in [2.05, 4.69) is 55.9 Å². The summed E-state index contributed by atoms with van der Waals surface area (Å²) < 4.78 is 0. The third-order valence-electron chi connectivity index (χ3n) is 3.40. The van der Waals surface area contributed by atoms with Crippen molar-refractivity contribution in [3.05, 3.63) is 35.4 Å². The van der Waals surface area contributed by atoms with E-state index < -0.39 is 0 Å². The number of hydrogen-bond acceptors (Lipinski definition) is 4. The van der Waals surface area contributed by atoms with Crippen LogP contribution in [0.5, 0.6) is 0 Å². The monoisotopic (exact) mass is 270 g/mol. The van der Waals surface area contributed by atoms with Crippen LogP contribution in [-0.2, 0) is 0 Å². The van der Waals surface area contributed by atoms with Gasteiger partial charge < -0.3 is 11.5 Å². The molecule has 4 nitrogen and oxygen atoms in total. The zero-order valence-electron chi connectivity index (χ0n) is 12.5. The highest BCUT2D eigenvalue weighted by Gasteiger charge is 2.13. The molecule has 0 radical (unpaired) electrons. The number of rotatable bonds is 3. The van der Waals surface area contributed by atoms with Crippen LogP contribution < -0.4 is 11.5 Å². The smallest absolute Gasteiger partial charge is 0.222 e. The Balaban J connectivity index is 2.61. The maximum absolute atomic E-state index is 5.77. The molecule has 1 aromatic heterocycles. The highest BCUT2D eigenvalue weighted by Crippen LogP contribution is 2.31. The summed E-state index contributed by atoms with van der Waals surface area (Å²) in [6.07, 6.45) is 0. The lowest BCUT2D eigenvalue weighted by atomic mass is 9.90. The predicted molar refractivity (Wildman–Crippen MR) is 84.5 cm³/mol. The van der Waals surface area contributed by atoms with Crippen LogP contribution in [0.25, 0.3) is 11.3 Å². The van der Waals surface area contributed by atoms with Crippen molar-refractivity contribution >= 4 is 11.8 Å². The van der Waals surface area contributed by atoms with E-state index in [-0.39, 0.29) is 5.95 Å². The minimum Gasteiger partial charge on any atom is -0.384 e. The SMILES string of the molecule is CC(C)c1ccc(-c2cc(N)nc(N)n2)c(C(C)C)c1. The maximum atomic E-state index is 5.77. The Bertz CT molecular complexity index is 598. The Morgan fingerprint density at radius 2 is 1.60 bits per heavy atom. The lowest BCUT2D eigenvalue weighted by Gasteiger charge is -2.16. The Kier molecular flexibility index (Phi) is 3.93. The van der Waals surface area contributed by atoms with E-state index in [0.29, 0.717) is 17.7 Å². The van der Waals surface area contributed by atoms with Crippen LogP contribution in [-0.4, -0.2) is 9.97 Å². The van der Waals surface area contributed by atoms with Crippen molar-refractivity contribution in [3.8, 4) is 11.3 Å². The first kappa shape index (κ1) is 14.3. The number of aromatic nitrogens is 2. The number of nitrogens with zero attached hydrogens (tertiary/aromatic N) is 2. The molecule has 0 saturated heterocycles. The fourth-order valence-electron chi connectivity index (χ4n) is 2.27. The summed E-state index contributed by atoms with van der Waals surface area (Å²) in [5, 5.41) is 0. The number of benzene rings is 1. The molecular weight excluding hydrogens is 248 g/mol. The van der Waals surface area contributed by atoms with Gasteiger partial charge in [-0.05, 0) is 23.0 Å². The van der Waals surface area contributed by atoms with Gasteiger partial charge in [-0.25, -0.2) is 4.98 Å². The number of nitrogens with two attached hydrogens (primary N) is 2. The largest absolute Gasteiger partial charge is 0.384 e. The molecule has 0 aliphatic heterocycles. The highest BCUT2D eigenvalue weighted by molar-refractivity contribution is 5.68. The van der Waals surface area contributed by atoms with Gasteiger partial charge in [0.1, 0.15) is 5.82 Å². The molecule has 0 fully saturated rings. The molecule has 0 amide bonds. The van der Waals surface area contributed by atoms with Gasteiger partial charge in [0.15, 0.2) is 0 Å². The Morgan fingerprint density at radius 3 is 2.15 bits per heavy atom. The van der Waals surface area contributed by atoms with E-state index in [1.165, 1.54) is 11.1 Å². The van der Waals surface area contributed by atoms with Crippen LogP contribution in [0, 0.1) is 0 Å². The molecule has 1 aromatic carbocycles. The third kappa shape index (κ3) is 2.90. The molecule has 0 aliphatic rings. The lowest BCUT2D eigenvalue weighted by molar-refractivity contribution is 0.835. The maximum Gasteiger partial charge on any atom is 0.222 e. The van der Waals surface area contributed by atoms with Gasteiger partial charge in [0.05, 0.1) is 5.69 Å². The summed E-state index contributed by atoms with van der Waals surface area (Å²) in [6, 6.07) is 8.26. The van der Waals surface area contributed by atoms with E-state index in [9.17, 15) is 0 Å². The number of hydrogen-bond donors (Lipinski definition) is 2. The zero-order valence-corrected chi connectivity index (χ0v) is 12.5. The van der Waals surface area contributed by atoms with Crippen molar-refractivity contribution in [2.45, 2.75) is 39.5 Å². The zero-order chi connectivity index (χ0) is 14.9. The minimum atomic E-state index is 0.211. The molecule has 4 N–H and O–H groups in total. The Hall–Kier alpha value is -2.10. The van der Waals surface area contributed by atoms with Crippen molar-refractivity contribution in [3.63, 3.8) is 0 Å². The molecule has 0 unspecified atom stereocenters. The number of nitrogen functional groups attached to an aromatic ring is 2. The van der Waals surface area contributed by atoms with Crippen LogP contribution >= 0.6 is 0 Å². The Labute approximate surface area is 120 Å². The molecule has 0 bridgehead atoms. The van der Waals surface area contributed by atoms with Gasteiger partial charge in [-0.1, -0.05) is 45.9 Å². The standard InChI is InChI=1S/C16H22N4/c1-9(2)11-5-6-12(13(7-11)10(3)4)14-8-15(17)20-16(18)19-14/h5-10H,1-4H3,(H4,17,18,19,20). The lowest BCUT2D eigenvalue weighted by Crippen LogP contribution is -2.03. The van der Waals surface area contributed by atoms with Crippen molar-refractivity contribution in [1.29, 1.82) is 0 Å². The molecule has 4 heteroatoms. The first-order valence-electron chi connectivity index (χ1n) is 6.92. The molecule has 20 heavy (non-hydrogen) atoms. The predicted octanol–water partition coefficient (Wildman–Crippen LogP) is 3.55. The quantitative estimate of drug-likeness (QED) is 0.894. The van der Waals surface area contributed by atoms with Gasteiger partial charge >= 0.3 is 0 Å². The van der Waals surface area contributed by atoms with Gasteiger partial charge in [0.2, 0.25) is 5.95 Å². The molecule has 2 rings (SSSR count). The normalized spacial score (nSPS) is 11.3. The fraction of sp³-hybridized carbons (Fsp3) is 0.375. The first-order valence-corrected chi connectivity index (χ1v) is 6.92. The molecule has 0 aliphatic carbocycles. The summed E-state index contributed by atoms with van der Waals surface area (Å²) in [4.78, 5) is 8.23. The van der Waals surface area contributed by atoms with Gasteiger partial charge in [0, 0.05) is 11.6 Å². The fourth-order valence-corrected chi connectivity index (χ4v) is 2.27. The molecule has 106 valence electrons. The van der Waals surface area contributed by atoms with E-state index in [4.69, 9.17) is 11.5 Å². The second kappa shape index (κ2) is 5.49. The van der Waals surface area contributed by atoms with E-state index >= 15 is 0 Å². The van der Waals surface area contributed by atoms with E-state index in [1.54, 1.807) is 6.07 Å². The third-order valence-corrected chi connectivity index (χ3v) is 3.40. The molecule has 0 atom stereocenters. The van der Waals surface area contributed by atoms with Gasteiger partial charge in [0.25, 0.3) is 0 Å². The summed E-state index contributed by atoms with van der Waals surface area (Å²) in [7, 11) is 0. The molecule has 0 spiro atoms. The van der Waals surface area contributed by atoms with E-state index in [0.717, 1.165) is 11.3 Å². The first-order chi connectivity index (χ1) is 9.38. The average molecular weight is 270 g/mol. The number of anilines is 2. The molecule has 2 aromatic rings. The van der Waals surface area contributed by atoms with Crippen molar-refractivity contribution in [2.75, 3.05) is 11.5 Å². The van der Waals surface area contributed by atoms with Crippen LogP contribution in [0.15, 0.2) is 24.3 Å². The summed E-state index contributed by atoms with van der Waals surface area (Å²) >= 11 is 0. The van der Waals surface area contributed by atoms with Crippen molar-refractivity contribution in [2.24, 2.45) is 0 Å². The van der Waals surface area contributed by atoms with Crippen LogP contribution in [0.4, 0.5) is 11.8 Å². The van der Waals surface area contributed by atoms with Crippen molar-refractivity contribution in [1.82, 2.24) is 9.97 Å². The van der Waals surface area contributed by atoms with Gasteiger partial charge in [-0.2, -0.15) is 4.98 Å². The molecule has 1 heterocycles. The second-order valence-electron chi connectivity index (χ2n) is 5.69. The van der Waals surface area contributed by atoms with Crippen LogP contribution in [0.2, 0.25) is 0 Å². The van der Waals surface area contributed by atoms with Gasteiger partial charge in [-0.3, -0.25) is 0 Å². The molecular formula is C16H22N4. The Morgan fingerprint density at radius 1 is 0.900 bits per heavy atom. The topological polar surface area (TPSA) is 77.8 Å². The summed E-state index contributed by atoms with van der Waals surface area (Å²) in [6.45, 7) is 8.74. The van der Waals surface area contributed by atoms with Crippen molar-refractivity contribution < 1.29 is 0 Å². The summed E-state index contributed by atoms with van der Waals surface area (Å²) in [5.74, 6) is 1.51.